The van der Waals surface area contributed by atoms with E-state index in [4.69, 9.17) is 0 Å². The normalized spacial score (nSPS) is 10.7. The number of aromatic nitrogens is 3. The van der Waals surface area contributed by atoms with E-state index in [1.165, 1.54) is 17.3 Å². The van der Waals surface area contributed by atoms with Gasteiger partial charge in [0.2, 0.25) is 5.91 Å². The maximum atomic E-state index is 12.3. The summed E-state index contributed by atoms with van der Waals surface area (Å²) in [4.78, 5) is 14.1. The number of rotatable bonds is 7. The van der Waals surface area contributed by atoms with Crippen molar-refractivity contribution in [2.24, 2.45) is 7.05 Å². The summed E-state index contributed by atoms with van der Waals surface area (Å²) in [5.74, 6) is 1.24. The van der Waals surface area contributed by atoms with Gasteiger partial charge in [-0.25, -0.2) is 0 Å². The average molecular weight is 344 g/mol. The largest absolute Gasteiger partial charge is 0.338 e. The van der Waals surface area contributed by atoms with Crippen LogP contribution in [0.15, 0.2) is 41.6 Å². The Labute approximate surface area is 147 Å². The Hall–Kier alpha value is -2.08. The molecule has 0 aliphatic rings. The zero-order chi connectivity index (χ0) is 17.7. The number of hydrogen-bond acceptors (Lipinski definition) is 4. The van der Waals surface area contributed by atoms with Crippen LogP contribution in [0.5, 0.6) is 0 Å². The first-order valence-electron chi connectivity index (χ1n) is 7.93. The van der Waals surface area contributed by atoms with Crippen LogP contribution in [0, 0.1) is 6.92 Å². The molecule has 0 radical (unpaired) electrons. The quantitative estimate of drug-likeness (QED) is 0.571. The van der Waals surface area contributed by atoms with Gasteiger partial charge in [-0.05, 0) is 26.8 Å². The lowest BCUT2D eigenvalue weighted by molar-refractivity contribution is -0.127. The molecule has 0 saturated heterocycles. The van der Waals surface area contributed by atoms with Crippen molar-refractivity contribution in [3.63, 3.8) is 0 Å². The Morgan fingerprint density at radius 2 is 2.12 bits per heavy atom. The van der Waals surface area contributed by atoms with Crippen LogP contribution >= 0.6 is 11.8 Å². The summed E-state index contributed by atoms with van der Waals surface area (Å²) in [6.07, 6.45) is 0. The van der Waals surface area contributed by atoms with Gasteiger partial charge in [-0.2, -0.15) is 0 Å². The Bertz CT molecular complexity index is 738. The molecule has 0 unspecified atom stereocenters. The molecule has 2 aromatic rings. The summed E-state index contributed by atoms with van der Waals surface area (Å²) in [6, 6.07) is 8.15. The molecule has 0 aliphatic carbocycles. The topological polar surface area (TPSA) is 51.0 Å². The lowest BCUT2D eigenvalue weighted by Gasteiger charge is -2.20. The summed E-state index contributed by atoms with van der Waals surface area (Å²) in [7, 11) is 1.93. The van der Waals surface area contributed by atoms with Gasteiger partial charge in [0.05, 0.1) is 5.75 Å². The summed E-state index contributed by atoms with van der Waals surface area (Å²) < 4.78 is 1.93. The van der Waals surface area contributed by atoms with Crippen molar-refractivity contribution in [1.29, 1.82) is 0 Å². The Balaban J connectivity index is 2.06. The minimum Gasteiger partial charge on any atom is -0.338 e. The molecular weight excluding hydrogens is 320 g/mol. The van der Waals surface area contributed by atoms with E-state index in [1.54, 1.807) is 4.90 Å². The van der Waals surface area contributed by atoms with Crippen molar-refractivity contribution in [2.45, 2.75) is 25.9 Å². The zero-order valence-electron chi connectivity index (χ0n) is 14.7. The Morgan fingerprint density at radius 1 is 1.38 bits per heavy atom. The van der Waals surface area contributed by atoms with E-state index in [0.29, 0.717) is 18.8 Å². The molecule has 0 saturated carbocycles. The van der Waals surface area contributed by atoms with Gasteiger partial charge in [0.1, 0.15) is 0 Å². The predicted molar refractivity (Wildman–Crippen MR) is 99.0 cm³/mol. The van der Waals surface area contributed by atoms with Gasteiger partial charge in [0.15, 0.2) is 11.0 Å². The second-order valence-electron chi connectivity index (χ2n) is 5.89. The van der Waals surface area contributed by atoms with E-state index in [9.17, 15) is 4.79 Å². The highest BCUT2D eigenvalue weighted by molar-refractivity contribution is 7.99. The molecule has 1 aromatic carbocycles. The molecule has 2 rings (SSSR count). The first-order chi connectivity index (χ1) is 11.4. The number of likely N-dealkylation sites (N-methyl/N-ethyl adjacent to an activating group) is 1. The van der Waals surface area contributed by atoms with Crippen LogP contribution in [-0.2, 0) is 11.8 Å². The third-order valence-corrected chi connectivity index (χ3v) is 4.64. The maximum Gasteiger partial charge on any atom is 0.233 e. The summed E-state index contributed by atoms with van der Waals surface area (Å²) in [6.45, 7) is 11.1. The molecule has 128 valence electrons. The SMILES string of the molecule is C=C(C)CN(CC)C(=O)CSc1nnc(-c2cccc(C)c2)n1C. The van der Waals surface area contributed by atoms with Crippen molar-refractivity contribution in [3.8, 4) is 11.4 Å². The van der Waals surface area contributed by atoms with E-state index in [0.717, 1.165) is 22.1 Å². The minimum absolute atomic E-state index is 0.0885. The molecule has 0 fully saturated rings. The number of thioether (sulfide) groups is 1. The Morgan fingerprint density at radius 3 is 2.75 bits per heavy atom. The molecule has 24 heavy (non-hydrogen) atoms. The van der Waals surface area contributed by atoms with Crippen molar-refractivity contribution in [2.75, 3.05) is 18.8 Å². The van der Waals surface area contributed by atoms with Gasteiger partial charge in [-0.15, -0.1) is 10.2 Å². The van der Waals surface area contributed by atoms with Crippen LogP contribution in [0.25, 0.3) is 11.4 Å². The molecule has 0 aliphatic heterocycles. The van der Waals surface area contributed by atoms with Crippen LogP contribution in [0.4, 0.5) is 0 Å². The monoisotopic (exact) mass is 344 g/mol. The van der Waals surface area contributed by atoms with E-state index < -0.39 is 0 Å². The first-order valence-corrected chi connectivity index (χ1v) is 8.92. The lowest BCUT2D eigenvalue weighted by Crippen LogP contribution is -2.33. The van der Waals surface area contributed by atoms with Crippen molar-refractivity contribution in [3.05, 3.63) is 42.0 Å². The van der Waals surface area contributed by atoms with Gasteiger partial charge in [-0.1, -0.05) is 47.7 Å². The maximum absolute atomic E-state index is 12.3. The van der Waals surface area contributed by atoms with Crippen LogP contribution in [0.1, 0.15) is 19.4 Å². The minimum atomic E-state index is 0.0885. The number of carbonyl (C=O) groups is 1. The van der Waals surface area contributed by atoms with E-state index in [2.05, 4.69) is 35.8 Å². The fourth-order valence-corrected chi connectivity index (χ4v) is 3.21. The number of benzene rings is 1. The molecule has 1 amide bonds. The second kappa shape index (κ2) is 8.15. The number of hydrogen-bond donors (Lipinski definition) is 0. The van der Waals surface area contributed by atoms with E-state index in [1.807, 2.05) is 37.6 Å². The number of amides is 1. The third kappa shape index (κ3) is 4.47. The fourth-order valence-electron chi connectivity index (χ4n) is 2.40. The molecule has 1 aromatic heterocycles. The number of nitrogens with zero attached hydrogens (tertiary/aromatic N) is 4. The van der Waals surface area contributed by atoms with Gasteiger partial charge in [0, 0.05) is 25.7 Å². The van der Waals surface area contributed by atoms with E-state index in [-0.39, 0.29) is 5.91 Å². The van der Waals surface area contributed by atoms with Crippen LogP contribution in [0.2, 0.25) is 0 Å². The summed E-state index contributed by atoms with van der Waals surface area (Å²) >= 11 is 1.41. The van der Waals surface area contributed by atoms with E-state index >= 15 is 0 Å². The summed E-state index contributed by atoms with van der Waals surface area (Å²) in [5.41, 5.74) is 3.19. The average Bonchev–Trinajstić information content (AvgIpc) is 2.91. The molecule has 6 heteroatoms. The van der Waals surface area contributed by atoms with Gasteiger partial charge >= 0.3 is 0 Å². The van der Waals surface area contributed by atoms with Gasteiger partial charge in [0.25, 0.3) is 0 Å². The van der Waals surface area contributed by atoms with Crippen molar-refractivity contribution < 1.29 is 4.79 Å². The molecule has 1 heterocycles. The lowest BCUT2D eigenvalue weighted by atomic mass is 10.1. The highest BCUT2D eigenvalue weighted by atomic mass is 32.2. The standard InChI is InChI=1S/C18H24N4OS/c1-6-22(11-13(2)3)16(23)12-24-18-20-19-17(21(18)5)15-9-7-8-14(4)10-15/h7-10H,2,6,11-12H2,1,3-5H3. The molecule has 0 spiro atoms. The zero-order valence-corrected chi connectivity index (χ0v) is 15.6. The van der Waals surface area contributed by atoms with Crippen LogP contribution < -0.4 is 0 Å². The van der Waals surface area contributed by atoms with Gasteiger partial charge in [-0.3, -0.25) is 4.79 Å². The van der Waals surface area contributed by atoms with Crippen molar-refractivity contribution in [1.82, 2.24) is 19.7 Å². The molecule has 0 bridgehead atoms. The third-order valence-electron chi connectivity index (χ3n) is 3.63. The molecule has 0 N–H and O–H groups in total. The fraction of sp³-hybridized carbons (Fsp3) is 0.389. The highest BCUT2D eigenvalue weighted by Crippen LogP contribution is 2.23. The van der Waals surface area contributed by atoms with Gasteiger partial charge < -0.3 is 9.47 Å². The van der Waals surface area contributed by atoms with Crippen molar-refractivity contribution >= 4 is 17.7 Å². The molecular formula is C18H24N4OS. The van der Waals surface area contributed by atoms with Crippen LogP contribution in [0.3, 0.4) is 0 Å². The summed E-state index contributed by atoms with van der Waals surface area (Å²) in [5, 5.41) is 9.24. The second-order valence-corrected chi connectivity index (χ2v) is 6.83. The Kier molecular flexibility index (Phi) is 6.20. The van der Waals surface area contributed by atoms with Crippen LogP contribution in [-0.4, -0.2) is 44.4 Å². The smallest absolute Gasteiger partial charge is 0.233 e. The number of carbonyl (C=O) groups excluding carboxylic acids is 1. The molecule has 0 atom stereocenters. The predicted octanol–water partition coefficient (Wildman–Crippen LogP) is 3.31. The molecule has 5 nitrogen and oxygen atoms in total. The number of aryl methyl sites for hydroxylation is 1. The first kappa shape index (κ1) is 18.3. The highest BCUT2D eigenvalue weighted by Gasteiger charge is 2.16.